The number of aliphatic imine (C=N–C) groups is 1. The summed E-state index contributed by atoms with van der Waals surface area (Å²) in [7, 11) is -0.375. The van der Waals surface area contributed by atoms with Crippen molar-refractivity contribution in [1.29, 1.82) is 0 Å². The predicted molar refractivity (Wildman–Crippen MR) is 184 cm³/mol. The molecule has 46 heavy (non-hydrogen) atoms. The van der Waals surface area contributed by atoms with Gasteiger partial charge >= 0.3 is 13.1 Å². The van der Waals surface area contributed by atoms with Crippen molar-refractivity contribution in [2.75, 3.05) is 6.61 Å². The highest BCUT2D eigenvalue weighted by Gasteiger charge is 2.43. The molecule has 0 bridgehead atoms. The van der Waals surface area contributed by atoms with Crippen molar-refractivity contribution in [3.63, 3.8) is 0 Å². The number of nitrogens with zero attached hydrogens (tertiary/aromatic N) is 2. The molecule has 3 aromatic rings. The third kappa shape index (κ3) is 9.63. The third-order valence-corrected chi connectivity index (χ3v) is 7.80. The molecule has 1 atom stereocenters. The van der Waals surface area contributed by atoms with E-state index < -0.39 is 16.7 Å². The standard InChI is InChI=1S/C37H45BN2O6/c1-28-36(5,6)46-38(45-28)26-14-13-24-37(34(41)44-35(2,3)4,25-15-27-43-32-22-20-31(40-42)21-23-32)39-33(29-16-9-7-10-17-29)30-18-11-8-12-19-30/h7-12,16-23H,1,13-15,24-27H2,2-6H3. The Morgan fingerprint density at radius 3 is 1.98 bits per heavy atom. The number of benzene rings is 3. The molecule has 1 unspecified atom stereocenters. The zero-order valence-electron chi connectivity index (χ0n) is 27.7. The normalized spacial score (nSPS) is 15.4. The predicted octanol–water partition coefficient (Wildman–Crippen LogP) is 8.86. The second kappa shape index (κ2) is 15.4. The first-order valence-corrected chi connectivity index (χ1v) is 15.9. The average molecular weight is 625 g/mol. The summed E-state index contributed by atoms with van der Waals surface area (Å²) in [5, 5.41) is 2.95. The molecule has 0 aliphatic carbocycles. The van der Waals surface area contributed by atoms with E-state index in [4.69, 9.17) is 23.8 Å². The van der Waals surface area contributed by atoms with Crippen LogP contribution in [-0.2, 0) is 18.8 Å². The Kier molecular flexibility index (Phi) is 11.6. The van der Waals surface area contributed by atoms with Gasteiger partial charge in [0.1, 0.15) is 22.6 Å². The van der Waals surface area contributed by atoms with Gasteiger partial charge in [0, 0.05) is 11.1 Å². The van der Waals surface area contributed by atoms with Crippen molar-refractivity contribution in [2.24, 2.45) is 10.2 Å². The maximum atomic E-state index is 14.3. The monoisotopic (exact) mass is 624 g/mol. The molecule has 0 radical (unpaired) electrons. The van der Waals surface area contributed by atoms with Gasteiger partial charge in [-0.3, -0.25) is 4.99 Å². The summed E-state index contributed by atoms with van der Waals surface area (Å²) in [6.45, 7) is 13.9. The van der Waals surface area contributed by atoms with Crippen LogP contribution in [0.25, 0.3) is 0 Å². The molecule has 8 nitrogen and oxygen atoms in total. The zero-order chi connectivity index (χ0) is 33.2. The maximum absolute atomic E-state index is 14.3. The Balaban J connectivity index is 1.66. The second-order valence-corrected chi connectivity index (χ2v) is 13.1. The number of carbonyl (C=O) groups excluding carboxylic acids is 1. The number of hydrogen-bond donors (Lipinski definition) is 0. The molecule has 1 fully saturated rings. The molecule has 1 heterocycles. The quantitative estimate of drug-likeness (QED) is 0.0551. The molecule has 1 aliphatic heterocycles. The van der Waals surface area contributed by atoms with Crippen molar-refractivity contribution in [3.8, 4) is 5.75 Å². The summed E-state index contributed by atoms with van der Waals surface area (Å²) in [4.78, 5) is 30.5. The van der Waals surface area contributed by atoms with Crippen LogP contribution in [-0.4, -0.2) is 42.1 Å². The highest BCUT2D eigenvalue weighted by Crippen LogP contribution is 2.34. The van der Waals surface area contributed by atoms with Crippen LogP contribution in [0.4, 0.5) is 5.69 Å². The molecule has 242 valence electrons. The molecule has 4 rings (SSSR count). The van der Waals surface area contributed by atoms with Crippen LogP contribution in [0.1, 0.15) is 77.8 Å². The maximum Gasteiger partial charge on any atom is 0.525 e. The van der Waals surface area contributed by atoms with Crippen LogP contribution >= 0.6 is 0 Å². The van der Waals surface area contributed by atoms with Gasteiger partial charge in [0.15, 0.2) is 5.54 Å². The van der Waals surface area contributed by atoms with Gasteiger partial charge in [0.2, 0.25) is 0 Å². The Bertz CT molecular complexity index is 1440. The minimum Gasteiger partial charge on any atom is -0.537 e. The molecule has 0 amide bonds. The smallest absolute Gasteiger partial charge is 0.525 e. The lowest BCUT2D eigenvalue weighted by molar-refractivity contribution is -0.162. The number of carbonyl (C=O) groups is 1. The van der Waals surface area contributed by atoms with Gasteiger partial charge in [-0.15, -0.1) is 4.91 Å². The fourth-order valence-electron chi connectivity index (χ4n) is 5.28. The summed E-state index contributed by atoms with van der Waals surface area (Å²) in [6.07, 6.45) is 3.51. The lowest BCUT2D eigenvalue weighted by Gasteiger charge is -2.33. The van der Waals surface area contributed by atoms with E-state index in [0.29, 0.717) is 55.8 Å². The summed E-state index contributed by atoms with van der Waals surface area (Å²) >= 11 is 0. The first kappa shape index (κ1) is 34.6. The Morgan fingerprint density at radius 2 is 1.46 bits per heavy atom. The van der Waals surface area contributed by atoms with Gasteiger partial charge in [-0.1, -0.05) is 80.1 Å². The number of ether oxygens (including phenoxy) is 2. The lowest BCUT2D eigenvalue weighted by atomic mass is 9.80. The van der Waals surface area contributed by atoms with Crippen LogP contribution in [0.15, 0.2) is 107 Å². The first-order chi connectivity index (χ1) is 21.9. The van der Waals surface area contributed by atoms with E-state index in [9.17, 15) is 9.70 Å². The van der Waals surface area contributed by atoms with Crippen molar-refractivity contribution in [3.05, 3.63) is 113 Å². The molecule has 0 saturated carbocycles. The molecular formula is C37H45BN2O6. The van der Waals surface area contributed by atoms with Gasteiger partial charge in [-0.2, -0.15) is 0 Å². The molecule has 1 aliphatic rings. The highest BCUT2D eigenvalue weighted by molar-refractivity contribution is 6.45. The summed E-state index contributed by atoms with van der Waals surface area (Å²) < 4.78 is 24.0. The van der Waals surface area contributed by atoms with E-state index >= 15 is 0 Å². The van der Waals surface area contributed by atoms with E-state index in [1.807, 2.05) is 95.3 Å². The molecule has 3 aromatic carbocycles. The van der Waals surface area contributed by atoms with Crippen LogP contribution in [0.3, 0.4) is 0 Å². The summed E-state index contributed by atoms with van der Waals surface area (Å²) in [5.41, 5.74) is 0.458. The molecular weight excluding hydrogens is 579 g/mol. The second-order valence-electron chi connectivity index (χ2n) is 13.1. The Hall–Kier alpha value is -4.24. The van der Waals surface area contributed by atoms with E-state index in [0.717, 1.165) is 23.3 Å². The van der Waals surface area contributed by atoms with E-state index in [1.54, 1.807) is 24.3 Å². The Labute approximate surface area is 273 Å². The minimum absolute atomic E-state index is 0.335. The summed E-state index contributed by atoms with van der Waals surface area (Å²) in [6, 6.07) is 26.5. The molecule has 9 heteroatoms. The highest BCUT2D eigenvalue weighted by atomic mass is 16.7. The molecule has 0 spiro atoms. The van der Waals surface area contributed by atoms with E-state index in [2.05, 4.69) is 11.8 Å². The fourth-order valence-corrected chi connectivity index (χ4v) is 5.28. The van der Waals surface area contributed by atoms with Crippen molar-refractivity contribution in [2.45, 2.75) is 89.8 Å². The first-order valence-electron chi connectivity index (χ1n) is 15.9. The topological polar surface area (TPSA) is 95.8 Å². The number of rotatable bonds is 15. The van der Waals surface area contributed by atoms with Crippen LogP contribution in [0.5, 0.6) is 5.75 Å². The van der Waals surface area contributed by atoms with Crippen LogP contribution in [0.2, 0.25) is 6.32 Å². The fraction of sp³-hybridized carbons (Fsp3) is 0.405. The third-order valence-electron chi connectivity index (χ3n) is 7.80. The van der Waals surface area contributed by atoms with E-state index in [1.165, 1.54) is 0 Å². The summed E-state index contributed by atoms with van der Waals surface area (Å²) in [5.74, 6) is 0.875. The lowest BCUT2D eigenvalue weighted by Crippen LogP contribution is -2.43. The van der Waals surface area contributed by atoms with Crippen LogP contribution in [0, 0.1) is 4.91 Å². The van der Waals surface area contributed by atoms with Gasteiger partial charge in [-0.05, 0) is 89.6 Å². The molecule has 0 aromatic heterocycles. The molecule has 1 saturated heterocycles. The molecule has 0 N–H and O–H groups in total. The van der Waals surface area contributed by atoms with Gasteiger partial charge in [-0.25, -0.2) is 4.79 Å². The average Bonchev–Trinajstić information content (AvgIpc) is 3.30. The Morgan fingerprint density at radius 1 is 0.870 bits per heavy atom. The van der Waals surface area contributed by atoms with Crippen molar-refractivity contribution < 1.29 is 23.6 Å². The minimum atomic E-state index is -1.19. The van der Waals surface area contributed by atoms with Gasteiger partial charge < -0.3 is 18.8 Å². The SMILES string of the molecule is C=C1OB(CCCCC(CCCOc2ccc(N=O)cc2)(N=C(c2ccccc2)c2ccccc2)C(=O)OC(C)(C)C)OC1(C)C. The van der Waals surface area contributed by atoms with Gasteiger partial charge in [0.25, 0.3) is 0 Å². The zero-order valence-corrected chi connectivity index (χ0v) is 27.7. The van der Waals surface area contributed by atoms with Crippen LogP contribution < -0.4 is 4.74 Å². The number of unbranched alkanes of at least 4 members (excludes halogenated alkanes) is 1. The number of esters is 1. The van der Waals surface area contributed by atoms with Crippen molar-refractivity contribution in [1.82, 2.24) is 0 Å². The van der Waals surface area contributed by atoms with E-state index in [-0.39, 0.29) is 13.1 Å². The van der Waals surface area contributed by atoms with Gasteiger partial charge in [0.05, 0.1) is 18.1 Å². The van der Waals surface area contributed by atoms with Crippen molar-refractivity contribution >= 4 is 24.5 Å². The number of nitroso groups, excluding NO2 is 1. The largest absolute Gasteiger partial charge is 0.537 e. The number of hydrogen-bond acceptors (Lipinski definition) is 8.